The summed E-state index contributed by atoms with van der Waals surface area (Å²) in [5.41, 5.74) is 2.29. The molecule has 2 heterocycles. The standard InChI is InChI=1S/C35H31Cl2IN2O8S/c1-5-45-27-16-22(9-12-26(27)47-18-29(41)44-4)31-30(34(43)46-6-2)19(3)39-35-40(31)33(42)28(49-35)15-21-13-24(36)32(25(37)14-21)48-17-20-7-10-23(38)11-8-20/h7-16,31H,5-6,17-18H2,1-4H3/b28-15-/t31-/m0/s1. The maximum Gasteiger partial charge on any atom is 0.343 e. The first-order valence-electron chi connectivity index (χ1n) is 15.1. The third kappa shape index (κ3) is 8.31. The molecule has 0 amide bonds. The number of aromatic nitrogens is 1. The zero-order valence-corrected chi connectivity index (χ0v) is 31.4. The molecular weight excluding hydrogens is 806 g/mol. The Kier molecular flexibility index (Phi) is 12.1. The summed E-state index contributed by atoms with van der Waals surface area (Å²) in [5.74, 6) is -0.224. The molecule has 1 atom stereocenters. The molecule has 1 aromatic heterocycles. The Balaban J connectivity index is 1.56. The van der Waals surface area contributed by atoms with Crippen molar-refractivity contribution >= 4 is 75.1 Å². The van der Waals surface area contributed by atoms with Crippen molar-refractivity contribution in [2.75, 3.05) is 26.9 Å². The number of esters is 2. The van der Waals surface area contributed by atoms with Gasteiger partial charge in [0.05, 0.1) is 52.2 Å². The quantitative estimate of drug-likeness (QED) is 0.122. The van der Waals surface area contributed by atoms with Gasteiger partial charge in [-0.2, -0.15) is 0 Å². The van der Waals surface area contributed by atoms with Crippen LogP contribution in [-0.4, -0.2) is 43.4 Å². The van der Waals surface area contributed by atoms with Crippen LogP contribution in [0.2, 0.25) is 10.0 Å². The normalized spacial score (nSPS) is 14.2. The number of nitrogens with zero attached hydrogens (tertiary/aromatic N) is 2. The van der Waals surface area contributed by atoms with Crippen molar-refractivity contribution in [3.8, 4) is 17.2 Å². The lowest BCUT2D eigenvalue weighted by atomic mass is 9.95. The number of fused-ring (bicyclic) bond motifs is 1. The zero-order chi connectivity index (χ0) is 35.2. The predicted octanol–water partition coefficient (Wildman–Crippen LogP) is 6.24. The summed E-state index contributed by atoms with van der Waals surface area (Å²) in [6.45, 7) is 5.57. The lowest BCUT2D eigenvalue weighted by Crippen LogP contribution is -2.40. The number of rotatable bonds is 12. The summed E-state index contributed by atoms with van der Waals surface area (Å²) in [6.07, 6.45) is 1.67. The monoisotopic (exact) mass is 836 g/mol. The maximum atomic E-state index is 14.2. The van der Waals surface area contributed by atoms with E-state index >= 15 is 0 Å². The Morgan fingerprint density at radius 3 is 2.35 bits per heavy atom. The molecule has 1 aliphatic rings. The first kappa shape index (κ1) is 36.4. The van der Waals surface area contributed by atoms with Gasteiger partial charge in [0.1, 0.15) is 6.61 Å². The summed E-state index contributed by atoms with van der Waals surface area (Å²) >= 11 is 16.6. The second-order valence-electron chi connectivity index (χ2n) is 10.5. The number of methoxy groups -OCH3 is 1. The van der Waals surface area contributed by atoms with Gasteiger partial charge in [0.25, 0.3) is 5.56 Å². The van der Waals surface area contributed by atoms with Crippen molar-refractivity contribution in [1.29, 1.82) is 0 Å². The zero-order valence-electron chi connectivity index (χ0n) is 26.9. The van der Waals surface area contributed by atoms with E-state index in [2.05, 4.69) is 32.3 Å². The summed E-state index contributed by atoms with van der Waals surface area (Å²) in [5, 5.41) is 0.571. The van der Waals surface area contributed by atoms with Gasteiger partial charge in [-0.25, -0.2) is 14.6 Å². The molecule has 0 saturated carbocycles. The van der Waals surface area contributed by atoms with E-state index < -0.39 is 23.5 Å². The van der Waals surface area contributed by atoms with Crippen LogP contribution < -0.4 is 29.1 Å². The summed E-state index contributed by atoms with van der Waals surface area (Å²) in [7, 11) is 1.26. The van der Waals surface area contributed by atoms with Gasteiger partial charge in [-0.15, -0.1) is 0 Å². The predicted molar refractivity (Wildman–Crippen MR) is 195 cm³/mol. The van der Waals surface area contributed by atoms with Crippen LogP contribution in [0.25, 0.3) is 6.08 Å². The number of allylic oxidation sites excluding steroid dienone is 1. The highest BCUT2D eigenvalue weighted by Gasteiger charge is 2.34. The Hall–Kier alpha value is -3.85. The summed E-state index contributed by atoms with van der Waals surface area (Å²) in [4.78, 5) is 44.2. The first-order valence-corrected chi connectivity index (χ1v) is 17.7. The summed E-state index contributed by atoms with van der Waals surface area (Å²) < 4.78 is 30.4. The third-order valence-corrected chi connectivity index (χ3v) is 9.55. The number of carbonyl (C=O) groups is 2. The van der Waals surface area contributed by atoms with Crippen molar-refractivity contribution in [2.24, 2.45) is 4.99 Å². The topological polar surface area (TPSA) is 115 Å². The van der Waals surface area contributed by atoms with Crippen LogP contribution in [0.1, 0.15) is 43.5 Å². The molecule has 4 aromatic rings. The number of hydrogen-bond donors (Lipinski definition) is 0. The van der Waals surface area contributed by atoms with E-state index in [0.29, 0.717) is 50.0 Å². The van der Waals surface area contributed by atoms with Crippen molar-refractivity contribution in [1.82, 2.24) is 4.57 Å². The molecule has 1 aliphatic heterocycles. The molecular formula is C35H31Cl2IN2O8S. The van der Waals surface area contributed by atoms with Crippen molar-refractivity contribution in [2.45, 2.75) is 33.4 Å². The van der Waals surface area contributed by atoms with Crippen molar-refractivity contribution in [3.05, 3.63) is 116 Å². The molecule has 0 radical (unpaired) electrons. The van der Waals surface area contributed by atoms with Crippen LogP contribution in [0.3, 0.4) is 0 Å². The number of benzene rings is 3. The van der Waals surface area contributed by atoms with E-state index in [1.807, 2.05) is 24.3 Å². The molecule has 0 aliphatic carbocycles. The largest absolute Gasteiger partial charge is 0.490 e. The van der Waals surface area contributed by atoms with Gasteiger partial charge >= 0.3 is 11.9 Å². The third-order valence-electron chi connectivity index (χ3n) is 7.29. The second kappa shape index (κ2) is 16.2. The lowest BCUT2D eigenvalue weighted by molar-refractivity contribution is -0.143. The van der Waals surface area contributed by atoms with Gasteiger partial charge in [-0.05, 0) is 103 Å². The van der Waals surface area contributed by atoms with Crippen molar-refractivity contribution in [3.63, 3.8) is 0 Å². The summed E-state index contributed by atoms with van der Waals surface area (Å²) in [6, 6.07) is 15.3. The van der Waals surface area contributed by atoms with E-state index in [1.165, 1.54) is 11.7 Å². The smallest absolute Gasteiger partial charge is 0.343 e. The van der Waals surface area contributed by atoms with Crippen LogP contribution in [0.15, 0.2) is 75.7 Å². The molecule has 49 heavy (non-hydrogen) atoms. The fourth-order valence-electron chi connectivity index (χ4n) is 5.07. The molecule has 3 aromatic carbocycles. The molecule has 5 rings (SSSR count). The maximum absolute atomic E-state index is 14.2. The lowest BCUT2D eigenvalue weighted by Gasteiger charge is -2.25. The SMILES string of the molecule is CCOC(=O)C1=C(C)N=c2s/c(=C\c3cc(Cl)c(OCc4ccc(I)cc4)c(Cl)c3)c(=O)n2[C@H]1c1ccc(OCC(=O)OC)c(OCC)c1. The Morgan fingerprint density at radius 1 is 0.980 bits per heavy atom. The number of halogens is 3. The average molecular weight is 838 g/mol. The Morgan fingerprint density at radius 2 is 1.69 bits per heavy atom. The number of ether oxygens (including phenoxy) is 5. The van der Waals surface area contributed by atoms with E-state index in [1.54, 1.807) is 57.2 Å². The molecule has 256 valence electrons. The number of carbonyl (C=O) groups excluding carboxylic acids is 2. The van der Waals surface area contributed by atoms with Gasteiger partial charge in [0.2, 0.25) is 0 Å². The van der Waals surface area contributed by atoms with Crippen LogP contribution in [0.5, 0.6) is 17.2 Å². The molecule has 0 unspecified atom stereocenters. The minimum atomic E-state index is -0.907. The van der Waals surface area contributed by atoms with Gasteiger partial charge < -0.3 is 23.7 Å². The second-order valence-corrected chi connectivity index (χ2v) is 13.6. The molecule has 10 nitrogen and oxygen atoms in total. The number of thiazole rings is 1. The molecule has 0 fully saturated rings. The minimum absolute atomic E-state index is 0.128. The van der Waals surface area contributed by atoms with Crippen LogP contribution in [-0.2, 0) is 25.7 Å². The molecule has 0 saturated heterocycles. The van der Waals surface area contributed by atoms with Gasteiger partial charge in [0.15, 0.2) is 28.7 Å². The highest BCUT2D eigenvalue weighted by Crippen LogP contribution is 2.37. The van der Waals surface area contributed by atoms with E-state index in [0.717, 1.165) is 20.5 Å². The Bertz CT molecular complexity index is 2090. The van der Waals surface area contributed by atoms with Crippen LogP contribution in [0, 0.1) is 3.57 Å². The van der Waals surface area contributed by atoms with E-state index in [-0.39, 0.29) is 35.4 Å². The van der Waals surface area contributed by atoms with E-state index in [9.17, 15) is 14.4 Å². The average Bonchev–Trinajstić information content (AvgIpc) is 3.37. The fraction of sp³-hybridized carbons (Fsp3) is 0.257. The van der Waals surface area contributed by atoms with E-state index in [4.69, 9.17) is 42.1 Å². The first-order chi connectivity index (χ1) is 23.5. The van der Waals surface area contributed by atoms with Gasteiger partial charge in [0, 0.05) is 3.57 Å². The molecule has 0 bridgehead atoms. The fourth-order valence-corrected chi connectivity index (χ4v) is 7.09. The molecule has 0 N–H and O–H groups in total. The minimum Gasteiger partial charge on any atom is -0.490 e. The van der Waals surface area contributed by atoms with Crippen LogP contribution in [0.4, 0.5) is 0 Å². The van der Waals surface area contributed by atoms with Gasteiger partial charge in [-0.1, -0.05) is 52.7 Å². The highest BCUT2D eigenvalue weighted by atomic mass is 127. The highest BCUT2D eigenvalue weighted by molar-refractivity contribution is 14.1. The van der Waals surface area contributed by atoms with Gasteiger partial charge in [-0.3, -0.25) is 9.36 Å². The Labute approximate surface area is 309 Å². The molecule has 0 spiro atoms. The molecule has 14 heteroatoms. The number of hydrogen-bond acceptors (Lipinski definition) is 10. The van der Waals surface area contributed by atoms with Crippen LogP contribution >= 0.6 is 57.1 Å². The van der Waals surface area contributed by atoms with Crippen molar-refractivity contribution < 1.29 is 33.3 Å².